The van der Waals surface area contributed by atoms with Crippen LogP contribution < -0.4 is 0 Å². The molecule has 108 valence electrons. The highest BCUT2D eigenvalue weighted by atomic mass is 15.2. The van der Waals surface area contributed by atoms with Gasteiger partial charge < -0.3 is 4.98 Å². The average molecular weight is 287 g/mol. The van der Waals surface area contributed by atoms with E-state index < -0.39 is 0 Å². The number of benzene rings is 2. The van der Waals surface area contributed by atoms with Crippen molar-refractivity contribution >= 4 is 22.8 Å². The van der Waals surface area contributed by atoms with E-state index >= 15 is 0 Å². The third-order valence-corrected chi connectivity index (χ3v) is 5.20. The lowest BCUT2D eigenvalue weighted by atomic mass is 9.81. The molecule has 3 nitrogen and oxygen atoms in total. The number of H-pyrrole nitrogens is 1. The Morgan fingerprint density at radius 1 is 1.09 bits per heavy atom. The maximum atomic E-state index is 4.71. The van der Waals surface area contributed by atoms with E-state index in [1.807, 2.05) is 0 Å². The summed E-state index contributed by atoms with van der Waals surface area (Å²) in [7, 11) is 2.20. The van der Waals surface area contributed by atoms with Crippen LogP contribution in [0.1, 0.15) is 16.8 Å². The van der Waals surface area contributed by atoms with E-state index in [-0.39, 0.29) is 5.54 Å². The van der Waals surface area contributed by atoms with Crippen LogP contribution in [0.5, 0.6) is 0 Å². The zero-order valence-corrected chi connectivity index (χ0v) is 12.5. The first-order valence-electron chi connectivity index (χ1n) is 7.77. The van der Waals surface area contributed by atoms with Gasteiger partial charge in [-0.3, -0.25) is 9.89 Å². The third kappa shape index (κ3) is 1.32. The normalized spacial score (nSPS) is 23.1. The first kappa shape index (κ1) is 12.2. The van der Waals surface area contributed by atoms with Crippen LogP contribution in [0, 0.1) is 0 Å². The van der Waals surface area contributed by atoms with Crippen molar-refractivity contribution in [1.82, 2.24) is 9.88 Å². The van der Waals surface area contributed by atoms with Crippen molar-refractivity contribution < 1.29 is 0 Å². The number of rotatable bonds is 0. The van der Waals surface area contributed by atoms with Crippen molar-refractivity contribution in [1.29, 1.82) is 0 Å². The Kier molecular flexibility index (Phi) is 2.26. The monoisotopic (exact) mass is 287 g/mol. The van der Waals surface area contributed by atoms with E-state index in [1.54, 1.807) is 0 Å². The molecule has 1 unspecified atom stereocenters. The van der Waals surface area contributed by atoms with Gasteiger partial charge >= 0.3 is 0 Å². The van der Waals surface area contributed by atoms with Crippen LogP contribution in [0.4, 0.5) is 5.69 Å². The summed E-state index contributed by atoms with van der Waals surface area (Å²) >= 11 is 0. The lowest BCUT2D eigenvalue weighted by Gasteiger charge is -2.41. The smallest absolute Gasteiger partial charge is 0.125 e. The van der Waals surface area contributed by atoms with Gasteiger partial charge in [-0.1, -0.05) is 36.4 Å². The van der Waals surface area contributed by atoms with Crippen LogP contribution >= 0.6 is 0 Å². The molecule has 3 heterocycles. The fourth-order valence-electron chi connectivity index (χ4n) is 4.08. The maximum absolute atomic E-state index is 4.71. The van der Waals surface area contributed by atoms with Gasteiger partial charge in [0.05, 0.1) is 11.4 Å². The molecule has 0 amide bonds. The van der Waals surface area contributed by atoms with Crippen molar-refractivity contribution in [2.45, 2.75) is 12.0 Å². The van der Waals surface area contributed by atoms with Crippen LogP contribution in [-0.2, 0) is 12.0 Å². The molecule has 0 saturated heterocycles. The predicted molar refractivity (Wildman–Crippen MR) is 90.0 cm³/mol. The van der Waals surface area contributed by atoms with Crippen molar-refractivity contribution in [3.8, 4) is 0 Å². The van der Waals surface area contributed by atoms with Gasteiger partial charge in [-0.2, -0.15) is 0 Å². The van der Waals surface area contributed by atoms with E-state index in [9.17, 15) is 0 Å². The lowest BCUT2D eigenvalue weighted by molar-refractivity contribution is 0.216. The second kappa shape index (κ2) is 4.08. The number of nitrogens with zero attached hydrogens (tertiary/aromatic N) is 2. The molecule has 0 fully saturated rings. The molecule has 0 radical (unpaired) electrons. The first-order valence-corrected chi connectivity index (χ1v) is 7.77. The highest BCUT2D eigenvalue weighted by Crippen LogP contribution is 2.47. The molecule has 1 aromatic heterocycles. The molecular weight excluding hydrogens is 270 g/mol. The Bertz CT molecular complexity index is 921. The summed E-state index contributed by atoms with van der Waals surface area (Å²) in [4.78, 5) is 10.8. The Morgan fingerprint density at radius 2 is 1.91 bits per heavy atom. The average Bonchev–Trinajstić information content (AvgIpc) is 3.12. The minimum Gasteiger partial charge on any atom is -0.356 e. The van der Waals surface area contributed by atoms with Crippen molar-refractivity contribution in [2.24, 2.45) is 4.99 Å². The molecule has 1 atom stereocenters. The summed E-state index contributed by atoms with van der Waals surface area (Å²) in [5, 5.41) is 1.35. The maximum Gasteiger partial charge on any atom is 0.125 e. The highest BCUT2D eigenvalue weighted by Gasteiger charge is 2.46. The molecule has 3 heteroatoms. The molecule has 1 N–H and O–H groups in total. The number of likely N-dealkylation sites (N-methyl/N-ethyl adjacent to an activating group) is 1. The van der Waals surface area contributed by atoms with Gasteiger partial charge in [-0.25, -0.2) is 0 Å². The number of para-hydroxylation sites is 2. The zero-order valence-electron chi connectivity index (χ0n) is 12.5. The molecule has 5 rings (SSSR count). The zero-order chi connectivity index (χ0) is 14.7. The van der Waals surface area contributed by atoms with Gasteiger partial charge in [0, 0.05) is 29.2 Å². The van der Waals surface area contributed by atoms with Crippen LogP contribution in [0.3, 0.4) is 0 Å². The van der Waals surface area contributed by atoms with Gasteiger partial charge in [-0.05, 0) is 31.2 Å². The molecule has 2 aliphatic heterocycles. The van der Waals surface area contributed by atoms with Gasteiger partial charge in [0.15, 0.2) is 0 Å². The van der Waals surface area contributed by atoms with Gasteiger partial charge in [0.1, 0.15) is 5.54 Å². The van der Waals surface area contributed by atoms with Crippen LogP contribution in [-0.4, -0.2) is 29.7 Å². The highest BCUT2D eigenvalue weighted by molar-refractivity contribution is 5.93. The number of hydrogen-bond donors (Lipinski definition) is 1. The van der Waals surface area contributed by atoms with Crippen LogP contribution in [0.25, 0.3) is 10.9 Å². The fraction of sp³-hybridized carbons (Fsp3) is 0.211. The molecule has 2 aliphatic rings. The second-order valence-electron chi connectivity index (χ2n) is 6.24. The van der Waals surface area contributed by atoms with Gasteiger partial charge in [0.25, 0.3) is 0 Å². The number of aromatic nitrogens is 1. The summed E-state index contributed by atoms with van der Waals surface area (Å²) in [5.41, 5.74) is 6.07. The minimum absolute atomic E-state index is 0.247. The molecule has 22 heavy (non-hydrogen) atoms. The van der Waals surface area contributed by atoms with E-state index in [1.165, 1.54) is 27.7 Å². The summed E-state index contributed by atoms with van der Waals surface area (Å²) in [6.45, 7) is 1.04. The van der Waals surface area contributed by atoms with E-state index in [0.717, 1.165) is 18.7 Å². The van der Waals surface area contributed by atoms with Gasteiger partial charge in [0.2, 0.25) is 0 Å². The van der Waals surface area contributed by atoms with Gasteiger partial charge in [-0.15, -0.1) is 0 Å². The second-order valence-corrected chi connectivity index (χ2v) is 6.24. The molecule has 3 aromatic rings. The Morgan fingerprint density at radius 3 is 2.86 bits per heavy atom. The lowest BCUT2D eigenvalue weighted by Crippen LogP contribution is -2.49. The number of hydrogen-bond acceptors (Lipinski definition) is 2. The van der Waals surface area contributed by atoms with Crippen molar-refractivity contribution in [3.63, 3.8) is 0 Å². The SMILES string of the molecule is CN1CCc2c([nH]c3ccccc23)C12C=Nc1ccccc12. The summed E-state index contributed by atoms with van der Waals surface area (Å²) < 4.78 is 0. The quantitative estimate of drug-likeness (QED) is 0.673. The molecule has 0 aliphatic carbocycles. The number of aliphatic imine (C=N–C) groups is 1. The molecule has 2 aromatic carbocycles. The Balaban J connectivity index is 1.88. The molecular formula is C19H17N3. The summed E-state index contributed by atoms with van der Waals surface area (Å²) in [6, 6.07) is 17.1. The standard InChI is InChI=1S/C19H17N3/c1-22-11-10-14-13-6-2-4-8-16(13)21-18(14)19(22)12-20-17-9-5-3-7-15(17)19/h2-9,12,21H,10-11H2,1H3. The van der Waals surface area contributed by atoms with E-state index in [0.29, 0.717) is 0 Å². The third-order valence-electron chi connectivity index (χ3n) is 5.20. The summed E-state index contributed by atoms with van der Waals surface area (Å²) in [5.74, 6) is 0. The van der Waals surface area contributed by atoms with E-state index in [4.69, 9.17) is 4.99 Å². The van der Waals surface area contributed by atoms with Crippen molar-refractivity contribution in [2.75, 3.05) is 13.6 Å². The number of nitrogens with one attached hydrogen (secondary N) is 1. The predicted octanol–water partition coefficient (Wildman–Crippen LogP) is 3.62. The molecule has 0 bridgehead atoms. The van der Waals surface area contributed by atoms with E-state index in [2.05, 4.69) is 71.7 Å². The number of fused-ring (bicyclic) bond motifs is 6. The fourth-order valence-corrected chi connectivity index (χ4v) is 4.08. The molecule has 0 saturated carbocycles. The van der Waals surface area contributed by atoms with Crippen LogP contribution in [0.2, 0.25) is 0 Å². The Hall–Kier alpha value is -2.39. The minimum atomic E-state index is -0.247. The Labute approximate surface area is 129 Å². The molecule has 1 spiro atoms. The van der Waals surface area contributed by atoms with Crippen LogP contribution in [0.15, 0.2) is 53.5 Å². The number of aromatic amines is 1. The van der Waals surface area contributed by atoms with Crippen molar-refractivity contribution in [3.05, 3.63) is 65.4 Å². The topological polar surface area (TPSA) is 31.4 Å². The summed E-state index contributed by atoms with van der Waals surface area (Å²) in [6.07, 6.45) is 3.19. The largest absolute Gasteiger partial charge is 0.356 e. The first-order chi connectivity index (χ1) is 10.8.